The second kappa shape index (κ2) is 9.59. The summed E-state index contributed by atoms with van der Waals surface area (Å²) < 4.78 is 33.3. The summed E-state index contributed by atoms with van der Waals surface area (Å²) in [7, 11) is -3.49. The Kier molecular flexibility index (Phi) is 7.47. The molecule has 0 radical (unpaired) electrons. The number of nitrogens with one attached hydrogen (secondary N) is 1. The third-order valence-electron chi connectivity index (χ3n) is 4.22. The molecule has 0 heterocycles. The average Bonchev–Trinajstić information content (AvgIpc) is 2.63. The summed E-state index contributed by atoms with van der Waals surface area (Å²) in [5.41, 5.74) is 0. The third-order valence-corrected chi connectivity index (χ3v) is 5.66. The predicted molar refractivity (Wildman–Crippen MR) is 101 cm³/mol. The van der Waals surface area contributed by atoms with Gasteiger partial charge in [0.25, 0.3) is 0 Å². The smallest absolute Gasteiger partial charge is 0.240 e. The molecule has 0 aliphatic heterocycles. The van der Waals surface area contributed by atoms with Crippen LogP contribution in [0.3, 0.4) is 0 Å². The minimum absolute atomic E-state index is 0.262. The Morgan fingerprint density at radius 1 is 0.960 bits per heavy atom. The molecule has 0 saturated carbocycles. The fourth-order valence-corrected chi connectivity index (χ4v) is 3.68. The molecule has 4 nitrogen and oxygen atoms in total. The van der Waals surface area contributed by atoms with Crippen LogP contribution in [0.2, 0.25) is 0 Å². The van der Waals surface area contributed by atoms with E-state index in [4.69, 9.17) is 4.74 Å². The highest BCUT2D eigenvalue weighted by atomic mass is 32.2. The molecule has 0 fully saturated rings. The van der Waals surface area contributed by atoms with E-state index in [-0.39, 0.29) is 4.90 Å². The van der Waals surface area contributed by atoms with Crippen LogP contribution in [-0.2, 0) is 10.0 Å². The molecular weight excluding hydrogens is 334 g/mol. The summed E-state index contributed by atoms with van der Waals surface area (Å²) >= 11 is 0. The number of hydrogen-bond donors (Lipinski definition) is 1. The van der Waals surface area contributed by atoms with Crippen LogP contribution in [0, 0.1) is 5.92 Å². The van der Waals surface area contributed by atoms with E-state index < -0.39 is 10.0 Å². The van der Waals surface area contributed by atoms with Crippen LogP contribution in [0.15, 0.2) is 59.5 Å². The highest BCUT2D eigenvalue weighted by Gasteiger charge is 2.16. The van der Waals surface area contributed by atoms with Gasteiger partial charge in [-0.15, -0.1) is 0 Å². The molecule has 0 saturated heterocycles. The van der Waals surface area contributed by atoms with Crippen molar-refractivity contribution in [3.05, 3.63) is 54.6 Å². The van der Waals surface area contributed by atoms with E-state index in [1.54, 1.807) is 24.3 Å². The molecule has 0 amide bonds. The van der Waals surface area contributed by atoms with Gasteiger partial charge in [0.1, 0.15) is 11.5 Å². The first-order valence-electron chi connectivity index (χ1n) is 8.87. The second-order valence-corrected chi connectivity index (χ2v) is 7.92. The van der Waals surface area contributed by atoms with Gasteiger partial charge in [-0.05, 0) is 48.7 Å². The summed E-state index contributed by atoms with van der Waals surface area (Å²) in [6, 6.07) is 15.9. The zero-order valence-electron chi connectivity index (χ0n) is 14.9. The molecule has 1 N–H and O–H groups in total. The maximum Gasteiger partial charge on any atom is 0.240 e. The molecule has 0 unspecified atom stereocenters. The summed E-state index contributed by atoms with van der Waals surface area (Å²) in [4.78, 5) is 0.262. The lowest BCUT2D eigenvalue weighted by atomic mass is 10.00. The lowest BCUT2D eigenvalue weighted by molar-refractivity contribution is 0.443. The van der Waals surface area contributed by atoms with Gasteiger partial charge in [0.2, 0.25) is 10.0 Å². The van der Waals surface area contributed by atoms with Crippen LogP contribution in [0.25, 0.3) is 0 Å². The van der Waals surface area contributed by atoms with E-state index in [0.717, 1.165) is 31.4 Å². The van der Waals surface area contributed by atoms with Crippen LogP contribution in [-0.4, -0.2) is 15.0 Å². The predicted octanol–water partition coefficient (Wildman–Crippen LogP) is 4.97. The lowest BCUT2D eigenvalue weighted by Gasteiger charge is -2.15. The normalized spacial score (nSPS) is 12.7. The Labute approximate surface area is 151 Å². The Hall–Kier alpha value is -1.85. The minimum Gasteiger partial charge on any atom is -0.457 e. The van der Waals surface area contributed by atoms with Gasteiger partial charge in [-0.3, -0.25) is 0 Å². The van der Waals surface area contributed by atoms with Crippen molar-refractivity contribution in [2.45, 2.75) is 44.4 Å². The van der Waals surface area contributed by atoms with Gasteiger partial charge in [-0.25, -0.2) is 13.1 Å². The molecule has 25 heavy (non-hydrogen) atoms. The zero-order valence-corrected chi connectivity index (χ0v) is 15.8. The van der Waals surface area contributed by atoms with Crippen molar-refractivity contribution in [1.82, 2.24) is 4.72 Å². The van der Waals surface area contributed by atoms with Crippen molar-refractivity contribution in [1.29, 1.82) is 0 Å². The minimum atomic E-state index is -3.49. The number of ether oxygens (including phenoxy) is 1. The number of sulfonamides is 1. The monoisotopic (exact) mass is 361 g/mol. The van der Waals surface area contributed by atoms with Crippen LogP contribution < -0.4 is 9.46 Å². The summed E-state index contributed by atoms with van der Waals surface area (Å²) in [6.07, 6.45) is 4.30. The fourth-order valence-electron chi connectivity index (χ4n) is 2.57. The van der Waals surface area contributed by atoms with Crippen LogP contribution in [0.4, 0.5) is 0 Å². The van der Waals surface area contributed by atoms with Crippen molar-refractivity contribution in [3.63, 3.8) is 0 Å². The van der Waals surface area contributed by atoms with Gasteiger partial charge >= 0.3 is 0 Å². The lowest BCUT2D eigenvalue weighted by Crippen LogP contribution is -2.29. The van der Waals surface area contributed by atoms with E-state index in [0.29, 0.717) is 18.2 Å². The molecule has 0 aliphatic rings. The van der Waals surface area contributed by atoms with Crippen molar-refractivity contribution in [2.24, 2.45) is 5.92 Å². The number of benzene rings is 2. The van der Waals surface area contributed by atoms with Crippen LogP contribution in [0.5, 0.6) is 11.5 Å². The van der Waals surface area contributed by atoms with E-state index in [1.165, 1.54) is 0 Å². The highest BCUT2D eigenvalue weighted by Crippen LogP contribution is 2.22. The van der Waals surface area contributed by atoms with Gasteiger partial charge in [0.05, 0.1) is 4.90 Å². The van der Waals surface area contributed by atoms with Crippen molar-refractivity contribution < 1.29 is 13.2 Å². The number of unbranched alkanes of at least 4 members (excludes halogenated alkanes) is 1. The Balaban J connectivity index is 1.97. The van der Waals surface area contributed by atoms with Gasteiger partial charge in [-0.2, -0.15) is 0 Å². The Bertz CT molecular complexity index is 727. The maximum absolute atomic E-state index is 12.4. The Morgan fingerprint density at radius 2 is 1.60 bits per heavy atom. The SMILES string of the molecule is CCCC[C@@H](CC)CNS(=O)(=O)c1ccc(Oc2ccccc2)cc1. The van der Waals surface area contributed by atoms with E-state index >= 15 is 0 Å². The molecule has 136 valence electrons. The van der Waals surface area contributed by atoms with Gasteiger partial charge < -0.3 is 4.74 Å². The molecule has 0 aliphatic carbocycles. The molecule has 0 spiro atoms. The molecule has 2 aromatic rings. The fraction of sp³-hybridized carbons (Fsp3) is 0.400. The van der Waals surface area contributed by atoms with E-state index in [2.05, 4.69) is 18.6 Å². The zero-order chi connectivity index (χ0) is 18.1. The third kappa shape index (κ3) is 6.18. The molecule has 1 atom stereocenters. The van der Waals surface area contributed by atoms with Crippen molar-refractivity contribution in [2.75, 3.05) is 6.54 Å². The largest absolute Gasteiger partial charge is 0.457 e. The number of hydrogen-bond acceptors (Lipinski definition) is 3. The average molecular weight is 362 g/mol. The van der Waals surface area contributed by atoms with Crippen molar-refractivity contribution in [3.8, 4) is 11.5 Å². The highest BCUT2D eigenvalue weighted by molar-refractivity contribution is 7.89. The van der Waals surface area contributed by atoms with Gasteiger partial charge in [-0.1, -0.05) is 51.3 Å². The molecule has 2 aromatic carbocycles. The quantitative estimate of drug-likeness (QED) is 0.650. The standard InChI is InChI=1S/C20H27NO3S/c1-3-5-9-17(4-2)16-21-25(22,23)20-14-12-19(13-15-20)24-18-10-7-6-8-11-18/h6-8,10-15,17,21H,3-5,9,16H2,1-2H3/t17-/m1/s1. The first kappa shape index (κ1) is 19.5. The second-order valence-electron chi connectivity index (χ2n) is 6.15. The first-order chi connectivity index (χ1) is 12.0. The van der Waals surface area contributed by atoms with E-state index in [1.807, 2.05) is 30.3 Å². The molecule has 5 heteroatoms. The van der Waals surface area contributed by atoms with E-state index in [9.17, 15) is 8.42 Å². The van der Waals surface area contributed by atoms with Crippen LogP contribution >= 0.6 is 0 Å². The first-order valence-corrected chi connectivity index (χ1v) is 10.4. The Morgan fingerprint density at radius 3 is 2.20 bits per heavy atom. The summed E-state index contributed by atoms with van der Waals surface area (Å²) in [5, 5.41) is 0. The van der Waals surface area contributed by atoms with Crippen LogP contribution in [0.1, 0.15) is 39.5 Å². The van der Waals surface area contributed by atoms with Gasteiger partial charge in [0.15, 0.2) is 0 Å². The molecule has 0 aromatic heterocycles. The molecule has 0 bridgehead atoms. The number of rotatable bonds is 10. The number of para-hydroxylation sites is 1. The molecular formula is C20H27NO3S. The molecule has 2 rings (SSSR count). The summed E-state index contributed by atoms with van der Waals surface area (Å²) in [6.45, 7) is 4.74. The maximum atomic E-state index is 12.4. The topological polar surface area (TPSA) is 55.4 Å². The van der Waals surface area contributed by atoms with Crippen molar-refractivity contribution >= 4 is 10.0 Å². The summed E-state index contributed by atoms with van der Waals surface area (Å²) in [5.74, 6) is 1.72. The van der Waals surface area contributed by atoms with Gasteiger partial charge in [0, 0.05) is 6.54 Å².